The van der Waals surface area contributed by atoms with Crippen molar-refractivity contribution in [2.75, 3.05) is 0 Å². The summed E-state index contributed by atoms with van der Waals surface area (Å²) in [6, 6.07) is 4.62. The number of ether oxygens (including phenoxy) is 1. The molecule has 0 aromatic carbocycles. The maximum atomic E-state index is 11.9. The zero-order valence-corrected chi connectivity index (χ0v) is 14.0. The fraction of sp³-hybridized carbons (Fsp3) is 0.706. The van der Waals surface area contributed by atoms with Crippen LogP contribution < -0.4 is 10.6 Å². The molecule has 124 valence electrons. The number of nitrogens with one attached hydrogen (secondary N) is 2. The Morgan fingerprint density at radius 3 is 2.73 bits per heavy atom. The molecule has 5 heteroatoms. The van der Waals surface area contributed by atoms with Crippen molar-refractivity contribution >= 4 is 6.09 Å². The van der Waals surface area contributed by atoms with Crippen LogP contribution in [0.1, 0.15) is 65.2 Å². The second-order valence-electron chi connectivity index (χ2n) is 7.11. The van der Waals surface area contributed by atoms with Gasteiger partial charge in [0, 0.05) is 12.1 Å². The lowest BCUT2D eigenvalue weighted by atomic mass is 9.90. The lowest BCUT2D eigenvalue weighted by Crippen LogP contribution is -2.46. The first-order valence-electron chi connectivity index (χ1n) is 8.12. The van der Waals surface area contributed by atoms with Crippen LogP contribution in [0.25, 0.3) is 0 Å². The van der Waals surface area contributed by atoms with Crippen molar-refractivity contribution in [3.05, 3.63) is 24.2 Å². The van der Waals surface area contributed by atoms with Crippen molar-refractivity contribution < 1.29 is 13.9 Å². The van der Waals surface area contributed by atoms with Gasteiger partial charge in [0.05, 0.1) is 12.3 Å². The summed E-state index contributed by atoms with van der Waals surface area (Å²) in [6.07, 6.45) is 5.52. The smallest absolute Gasteiger partial charge is 0.407 e. The van der Waals surface area contributed by atoms with Gasteiger partial charge in [-0.15, -0.1) is 0 Å². The lowest BCUT2D eigenvalue weighted by Gasteiger charge is -2.32. The summed E-state index contributed by atoms with van der Waals surface area (Å²) in [5.74, 6) is 0.947. The van der Waals surface area contributed by atoms with Crippen LogP contribution in [0.3, 0.4) is 0 Å². The van der Waals surface area contributed by atoms with Gasteiger partial charge in [0.15, 0.2) is 0 Å². The zero-order valence-electron chi connectivity index (χ0n) is 14.0. The number of carbonyl (C=O) groups excluding carboxylic acids is 1. The monoisotopic (exact) mass is 308 g/mol. The summed E-state index contributed by atoms with van der Waals surface area (Å²) in [5, 5.41) is 6.58. The van der Waals surface area contributed by atoms with Gasteiger partial charge in [-0.3, -0.25) is 0 Å². The Bertz CT molecular complexity index is 465. The molecule has 1 aliphatic rings. The molecule has 2 N–H and O–H groups in total. The first kappa shape index (κ1) is 16.9. The quantitative estimate of drug-likeness (QED) is 0.889. The second kappa shape index (κ2) is 7.18. The van der Waals surface area contributed by atoms with Crippen LogP contribution in [0.5, 0.6) is 0 Å². The van der Waals surface area contributed by atoms with E-state index in [0.717, 1.165) is 31.4 Å². The minimum atomic E-state index is -0.454. The number of rotatable bonds is 4. The van der Waals surface area contributed by atoms with Gasteiger partial charge < -0.3 is 19.8 Å². The summed E-state index contributed by atoms with van der Waals surface area (Å²) in [6.45, 7) is 7.73. The summed E-state index contributed by atoms with van der Waals surface area (Å²) >= 11 is 0. The van der Waals surface area contributed by atoms with Crippen molar-refractivity contribution in [1.82, 2.24) is 10.6 Å². The normalized spacial score (nSPS) is 23.8. The number of hydrogen-bond donors (Lipinski definition) is 2. The highest BCUT2D eigenvalue weighted by Gasteiger charge is 2.26. The SMILES string of the molecule is C[C@H](NC1CCCC(NC(=O)OC(C)(C)C)C1)c1ccco1. The van der Waals surface area contributed by atoms with E-state index in [1.165, 1.54) is 0 Å². The van der Waals surface area contributed by atoms with Gasteiger partial charge in [0.1, 0.15) is 11.4 Å². The molecule has 2 rings (SSSR count). The zero-order chi connectivity index (χ0) is 16.2. The molecular formula is C17H28N2O3. The number of furan rings is 1. The molecule has 3 atom stereocenters. The van der Waals surface area contributed by atoms with Gasteiger partial charge in [-0.25, -0.2) is 4.79 Å². The van der Waals surface area contributed by atoms with E-state index in [4.69, 9.17) is 9.15 Å². The molecule has 1 aromatic heterocycles. The van der Waals surface area contributed by atoms with Crippen LogP contribution >= 0.6 is 0 Å². The summed E-state index contributed by atoms with van der Waals surface area (Å²) in [7, 11) is 0. The molecule has 1 aliphatic carbocycles. The Balaban J connectivity index is 1.80. The fourth-order valence-corrected chi connectivity index (χ4v) is 2.92. The van der Waals surface area contributed by atoms with Crippen LogP contribution in [0.15, 0.2) is 22.8 Å². The fourth-order valence-electron chi connectivity index (χ4n) is 2.92. The summed E-state index contributed by atoms with van der Waals surface area (Å²) < 4.78 is 10.8. The van der Waals surface area contributed by atoms with E-state index in [-0.39, 0.29) is 18.2 Å². The molecule has 1 fully saturated rings. The highest BCUT2D eigenvalue weighted by atomic mass is 16.6. The Morgan fingerprint density at radius 2 is 2.09 bits per heavy atom. The van der Waals surface area contributed by atoms with E-state index in [2.05, 4.69) is 17.6 Å². The average molecular weight is 308 g/mol. The predicted molar refractivity (Wildman–Crippen MR) is 85.7 cm³/mol. The maximum Gasteiger partial charge on any atom is 0.407 e. The minimum absolute atomic E-state index is 0.171. The molecule has 0 spiro atoms. The predicted octanol–water partition coefficient (Wildman–Crippen LogP) is 3.77. The van der Waals surface area contributed by atoms with Gasteiger partial charge in [0.25, 0.3) is 0 Å². The van der Waals surface area contributed by atoms with Crippen LogP contribution in [0, 0.1) is 0 Å². The molecule has 22 heavy (non-hydrogen) atoms. The molecule has 1 amide bonds. The van der Waals surface area contributed by atoms with Crippen LogP contribution in [-0.2, 0) is 4.74 Å². The molecule has 1 heterocycles. The molecule has 0 saturated heterocycles. The van der Waals surface area contributed by atoms with E-state index >= 15 is 0 Å². The molecule has 1 saturated carbocycles. The van der Waals surface area contributed by atoms with Crippen LogP contribution in [0.2, 0.25) is 0 Å². The Labute approximate surface area is 132 Å². The molecule has 1 aromatic rings. The Kier molecular flexibility index (Phi) is 5.51. The molecule has 5 nitrogen and oxygen atoms in total. The van der Waals surface area contributed by atoms with E-state index < -0.39 is 5.60 Å². The van der Waals surface area contributed by atoms with E-state index in [1.807, 2.05) is 32.9 Å². The third kappa shape index (κ3) is 5.37. The van der Waals surface area contributed by atoms with Gasteiger partial charge in [-0.2, -0.15) is 0 Å². The molecular weight excluding hydrogens is 280 g/mol. The van der Waals surface area contributed by atoms with Crippen molar-refractivity contribution in [3.63, 3.8) is 0 Å². The lowest BCUT2D eigenvalue weighted by molar-refractivity contribution is 0.0488. The molecule has 0 aliphatic heterocycles. The van der Waals surface area contributed by atoms with Gasteiger partial charge in [-0.1, -0.05) is 0 Å². The molecule has 0 bridgehead atoms. The first-order valence-corrected chi connectivity index (χ1v) is 8.12. The van der Waals surface area contributed by atoms with E-state index in [0.29, 0.717) is 6.04 Å². The van der Waals surface area contributed by atoms with Gasteiger partial charge >= 0.3 is 6.09 Å². The minimum Gasteiger partial charge on any atom is -0.468 e. The maximum absolute atomic E-state index is 11.9. The topological polar surface area (TPSA) is 63.5 Å². The van der Waals surface area contributed by atoms with E-state index in [9.17, 15) is 4.79 Å². The highest BCUT2D eigenvalue weighted by Crippen LogP contribution is 2.22. The molecule has 2 unspecified atom stereocenters. The van der Waals surface area contributed by atoms with Gasteiger partial charge in [0.2, 0.25) is 0 Å². The number of carbonyl (C=O) groups is 1. The summed E-state index contributed by atoms with van der Waals surface area (Å²) in [4.78, 5) is 11.9. The number of amides is 1. The van der Waals surface area contributed by atoms with Crippen molar-refractivity contribution in [2.45, 2.75) is 77.1 Å². The van der Waals surface area contributed by atoms with Gasteiger partial charge in [-0.05, 0) is 65.5 Å². The van der Waals surface area contributed by atoms with E-state index in [1.54, 1.807) is 6.26 Å². The Morgan fingerprint density at radius 1 is 1.36 bits per heavy atom. The molecule has 0 radical (unpaired) electrons. The second-order valence-corrected chi connectivity index (χ2v) is 7.11. The number of alkyl carbamates (subject to hydrolysis) is 1. The first-order chi connectivity index (χ1) is 10.3. The average Bonchev–Trinajstić information content (AvgIpc) is 2.90. The standard InChI is InChI=1S/C17H28N2O3/c1-12(15-9-6-10-21-15)18-13-7-5-8-14(11-13)19-16(20)22-17(2,3)4/h6,9-10,12-14,18H,5,7-8,11H2,1-4H3,(H,19,20)/t12-,13?,14?/m0/s1. The van der Waals surface area contributed by atoms with Crippen LogP contribution in [0.4, 0.5) is 4.79 Å². The summed E-state index contributed by atoms with van der Waals surface area (Å²) in [5.41, 5.74) is -0.454. The highest BCUT2D eigenvalue weighted by molar-refractivity contribution is 5.68. The largest absolute Gasteiger partial charge is 0.468 e. The number of hydrogen-bond acceptors (Lipinski definition) is 4. The third-order valence-corrected chi connectivity index (χ3v) is 3.85. The van der Waals surface area contributed by atoms with Crippen molar-refractivity contribution in [3.8, 4) is 0 Å². The van der Waals surface area contributed by atoms with Crippen molar-refractivity contribution in [2.24, 2.45) is 0 Å². The Hall–Kier alpha value is -1.49. The van der Waals surface area contributed by atoms with Crippen LogP contribution in [-0.4, -0.2) is 23.8 Å². The van der Waals surface area contributed by atoms with Crippen molar-refractivity contribution in [1.29, 1.82) is 0 Å². The third-order valence-electron chi connectivity index (χ3n) is 3.85.